The molecule has 1 aliphatic carbocycles. The molecule has 0 bridgehead atoms. The zero-order valence-electron chi connectivity index (χ0n) is 6.79. The SMILES string of the molecule is CCOC(=O)C1(N)C[C@@H]1C.Cl. The summed E-state index contributed by atoms with van der Waals surface area (Å²) < 4.78 is 4.78. The van der Waals surface area contributed by atoms with E-state index in [1.54, 1.807) is 6.92 Å². The van der Waals surface area contributed by atoms with E-state index < -0.39 is 5.54 Å². The van der Waals surface area contributed by atoms with Crippen molar-refractivity contribution in [3.05, 3.63) is 0 Å². The van der Waals surface area contributed by atoms with E-state index >= 15 is 0 Å². The summed E-state index contributed by atoms with van der Waals surface area (Å²) in [6, 6.07) is 0. The molecule has 1 aliphatic rings. The van der Waals surface area contributed by atoms with Gasteiger partial charge in [0.05, 0.1) is 6.61 Å². The highest BCUT2D eigenvalue weighted by Gasteiger charge is 2.55. The molecule has 4 heteroatoms. The van der Waals surface area contributed by atoms with Crippen molar-refractivity contribution < 1.29 is 9.53 Å². The number of nitrogens with two attached hydrogens (primary N) is 1. The summed E-state index contributed by atoms with van der Waals surface area (Å²) in [6.07, 6.45) is 0.770. The second-order valence-corrected chi connectivity index (χ2v) is 2.87. The molecule has 0 aliphatic heterocycles. The highest BCUT2D eigenvalue weighted by Crippen LogP contribution is 2.41. The van der Waals surface area contributed by atoms with E-state index in [9.17, 15) is 4.79 Å². The Kier molecular flexibility index (Phi) is 3.32. The molecule has 66 valence electrons. The lowest BCUT2D eigenvalue weighted by atomic mass is 10.2. The van der Waals surface area contributed by atoms with Gasteiger partial charge >= 0.3 is 5.97 Å². The first-order chi connectivity index (χ1) is 4.61. The molecule has 1 unspecified atom stereocenters. The third-order valence-electron chi connectivity index (χ3n) is 2.02. The second-order valence-electron chi connectivity index (χ2n) is 2.87. The number of hydrogen-bond acceptors (Lipinski definition) is 3. The zero-order valence-corrected chi connectivity index (χ0v) is 7.61. The van der Waals surface area contributed by atoms with Crippen LogP contribution in [0.2, 0.25) is 0 Å². The van der Waals surface area contributed by atoms with Crippen LogP contribution in [0.25, 0.3) is 0 Å². The minimum Gasteiger partial charge on any atom is -0.465 e. The standard InChI is InChI=1S/C7H13NO2.ClH/c1-3-10-6(9)7(8)4-5(7)2;/h5H,3-4,8H2,1-2H3;1H/t5-,7?;/m0./s1. The lowest BCUT2D eigenvalue weighted by molar-refractivity contribution is -0.146. The molecule has 0 aromatic heterocycles. The minimum absolute atomic E-state index is 0. The topological polar surface area (TPSA) is 52.3 Å². The highest BCUT2D eigenvalue weighted by molar-refractivity contribution is 5.85. The first-order valence-electron chi connectivity index (χ1n) is 3.57. The third-order valence-corrected chi connectivity index (χ3v) is 2.02. The van der Waals surface area contributed by atoms with Crippen LogP contribution in [0.1, 0.15) is 20.3 Å². The van der Waals surface area contributed by atoms with Gasteiger partial charge in [-0.2, -0.15) is 0 Å². The van der Waals surface area contributed by atoms with Crippen LogP contribution in [0, 0.1) is 5.92 Å². The number of carbonyl (C=O) groups excluding carboxylic acids is 1. The van der Waals surface area contributed by atoms with Gasteiger partial charge in [-0.3, -0.25) is 4.79 Å². The average Bonchev–Trinajstić information content (AvgIpc) is 2.43. The molecule has 0 heterocycles. The summed E-state index contributed by atoms with van der Waals surface area (Å²) in [7, 11) is 0. The van der Waals surface area contributed by atoms with Crippen LogP contribution in [0.3, 0.4) is 0 Å². The van der Waals surface area contributed by atoms with E-state index in [0.29, 0.717) is 12.5 Å². The molecular formula is C7H14ClNO2. The van der Waals surface area contributed by atoms with E-state index in [-0.39, 0.29) is 18.4 Å². The first-order valence-corrected chi connectivity index (χ1v) is 3.57. The highest BCUT2D eigenvalue weighted by atomic mass is 35.5. The van der Waals surface area contributed by atoms with E-state index in [4.69, 9.17) is 10.5 Å². The number of carbonyl (C=O) groups is 1. The summed E-state index contributed by atoms with van der Waals surface area (Å²) >= 11 is 0. The lowest BCUT2D eigenvalue weighted by Crippen LogP contribution is -2.36. The molecule has 0 saturated heterocycles. The molecule has 1 saturated carbocycles. The van der Waals surface area contributed by atoms with Crippen LogP contribution in [-0.4, -0.2) is 18.1 Å². The normalized spacial score (nSPS) is 33.9. The van der Waals surface area contributed by atoms with Crippen molar-refractivity contribution in [2.24, 2.45) is 11.7 Å². The predicted octanol–water partition coefficient (Wildman–Crippen LogP) is 0.709. The molecule has 0 amide bonds. The fraction of sp³-hybridized carbons (Fsp3) is 0.857. The molecule has 11 heavy (non-hydrogen) atoms. The Morgan fingerprint density at radius 1 is 1.82 bits per heavy atom. The first kappa shape index (κ1) is 10.7. The van der Waals surface area contributed by atoms with Crippen LogP contribution < -0.4 is 5.73 Å². The van der Waals surface area contributed by atoms with Crippen molar-refractivity contribution >= 4 is 18.4 Å². The summed E-state index contributed by atoms with van der Waals surface area (Å²) in [6.45, 7) is 4.16. The average molecular weight is 180 g/mol. The number of halogens is 1. The Morgan fingerprint density at radius 3 is 2.55 bits per heavy atom. The molecule has 0 radical (unpaired) electrons. The van der Waals surface area contributed by atoms with E-state index in [0.717, 1.165) is 6.42 Å². The molecule has 1 fully saturated rings. The molecule has 3 nitrogen and oxygen atoms in total. The van der Waals surface area contributed by atoms with E-state index in [1.165, 1.54) is 0 Å². The number of hydrogen-bond donors (Lipinski definition) is 1. The summed E-state index contributed by atoms with van der Waals surface area (Å²) in [5, 5.41) is 0. The smallest absolute Gasteiger partial charge is 0.326 e. The Bertz CT molecular complexity index is 163. The van der Waals surface area contributed by atoms with Gasteiger partial charge in [0.25, 0.3) is 0 Å². The number of esters is 1. The Hall–Kier alpha value is -0.280. The van der Waals surface area contributed by atoms with Crippen molar-refractivity contribution in [1.82, 2.24) is 0 Å². The zero-order chi connectivity index (χ0) is 7.78. The molecular weight excluding hydrogens is 166 g/mol. The van der Waals surface area contributed by atoms with Gasteiger partial charge < -0.3 is 10.5 Å². The predicted molar refractivity (Wildman–Crippen MR) is 44.6 cm³/mol. The minimum atomic E-state index is -0.643. The van der Waals surface area contributed by atoms with Gasteiger partial charge in [0.15, 0.2) is 0 Å². The molecule has 2 N–H and O–H groups in total. The third kappa shape index (κ3) is 1.84. The molecule has 0 aromatic rings. The van der Waals surface area contributed by atoms with Crippen LogP contribution in [0.5, 0.6) is 0 Å². The summed E-state index contributed by atoms with van der Waals surface area (Å²) in [5.74, 6) is 0.0500. The number of ether oxygens (including phenoxy) is 1. The quantitative estimate of drug-likeness (QED) is 0.636. The Balaban J connectivity index is 0.000001000. The van der Waals surface area contributed by atoms with Crippen LogP contribution >= 0.6 is 12.4 Å². The Morgan fingerprint density at radius 2 is 2.27 bits per heavy atom. The largest absolute Gasteiger partial charge is 0.465 e. The van der Waals surface area contributed by atoms with E-state index in [1.807, 2.05) is 6.92 Å². The van der Waals surface area contributed by atoms with Gasteiger partial charge in [0.2, 0.25) is 0 Å². The van der Waals surface area contributed by atoms with Crippen molar-refractivity contribution in [2.75, 3.05) is 6.61 Å². The van der Waals surface area contributed by atoms with Crippen molar-refractivity contribution in [2.45, 2.75) is 25.8 Å². The maximum Gasteiger partial charge on any atom is 0.326 e. The van der Waals surface area contributed by atoms with Gasteiger partial charge in [-0.1, -0.05) is 6.92 Å². The van der Waals surface area contributed by atoms with Crippen LogP contribution in [0.4, 0.5) is 0 Å². The van der Waals surface area contributed by atoms with Gasteiger partial charge in [-0.05, 0) is 19.3 Å². The lowest BCUT2D eigenvalue weighted by Gasteiger charge is -2.07. The van der Waals surface area contributed by atoms with Crippen LogP contribution in [0.15, 0.2) is 0 Å². The van der Waals surface area contributed by atoms with Crippen molar-refractivity contribution in [3.63, 3.8) is 0 Å². The van der Waals surface area contributed by atoms with Crippen molar-refractivity contribution in [3.8, 4) is 0 Å². The van der Waals surface area contributed by atoms with Gasteiger partial charge in [0.1, 0.15) is 5.54 Å². The Labute approximate surface area is 72.7 Å². The second kappa shape index (κ2) is 3.41. The summed E-state index contributed by atoms with van der Waals surface area (Å²) in [4.78, 5) is 11.0. The fourth-order valence-electron chi connectivity index (χ4n) is 0.998. The molecule has 0 spiro atoms. The van der Waals surface area contributed by atoms with E-state index in [2.05, 4.69) is 0 Å². The fourth-order valence-corrected chi connectivity index (χ4v) is 0.998. The van der Waals surface area contributed by atoms with Gasteiger partial charge in [-0.15, -0.1) is 12.4 Å². The number of rotatable bonds is 2. The maximum absolute atomic E-state index is 11.0. The molecule has 2 atom stereocenters. The molecule has 1 rings (SSSR count). The van der Waals surface area contributed by atoms with Gasteiger partial charge in [-0.25, -0.2) is 0 Å². The monoisotopic (exact) mass is 179 g/mol. The van der Waals surface area contributed by atoms with Crippen LogP contribution in [-0.2, 0) is 9.53 Å². The summed E-state index contributed by atoms with van der Waals surface area (Å²) in [5.41, 5.74) is 5.00. The van der Waals surface area contributed by atoms with Gasteiger partial charge in [0, 0.05) is 0 Å². The van der Waals surface area contributed by atoms with Crippen molar-refractivity contribution in [1.29, 1.82) is 0 Å². The maximum atomic E-state index is 11.0. The molecule has 0 aromatic carbocycles.